The third-order valence-electron chi connectivity index (χ3n) is 3.40. The number of aliphatic carboxylic acids is 1. The summed E-state index contributed by atoms with van der Waals surface area (Å²) in [6.45, 7) is 0.385. The van der Waals surface area contributed by atoms with Crippen LogP contribution in [0.5, 0.6) is 0 Å². The van der Waals surface area contributed by atoms with Crippen LogP contribution in [0.25, 0.3) is 0 Å². The zero-order chi connectivity index (χ0) is 15.6. The van der Waals surface area contributed by atoms with Crippen molar-refractivity contribution in [2.75, 3.05) is 13.1 Å². The second-order valence-electron chi connectivity index (χ2n) is 4.88. The molecular formula is C12H14BrN3O5. The van der Waals surface area contributed by atoms with Gasteiger partial charge in [-0.05, 0) is 28.8 Å². The molecule has 2 rings (SSSR count). The Balaban J connectivity index is 2.11. The third kappa shape index (κ3) is 3.60. The van der Waals surface area contributed by atoms with Gasteiger partial charge in [-0.15, -0.1) is 0 Å². The van der Waals surface area contributed by atoms with E-state index in [0.717, 1.165) is 4.57 Å². The number of piperidine rings is 1. The number of nitrogens with zero attached hydrogens (tertiary/aromatic N) is 2. The van der Waals surface area contributed by atoms with Gasteiger partial charge in [-0.25, -0.2) is 4.79 Å². The molecule has 1 amide bonds. The molecule has 1 fully saturated rings. The Bertz CT molecular complexity index is 680. The number of carbonyl (C=O) groups is 2. The lowest BCUT2D eigenvalue weighted by Crippen LogP contribution is -2.45. The Labute approximate surface area is 127 Å². The molecule has 1 aliphatic heterocycles. The van der Waals surface area contributed by atoms with Gasteiger partial charge in [-0.2, -0.15) is 0 Å². The maximum absolute atomic E-state index is 12.2. The van der Waals surface area contributed by atoms with Gasteiger partial charge in [0.2, 0.25) is 5.91 Å². The highest BCUT2D eigenvalue weighted by atomic mass is 79.9. The predicted molar refractivity (Wildman–Crippen MR) is 76.0 cm³/mol. The maximum Gasteiger partial charge on any atom is 0.328 e. The van der Waals surface area contributed by atoms with Crippen molar-refractivity contribution in [3.05, 3.63) is 31.5 Å². The minimum Gasteiger partial charge on any atom is -0.481 e. The second kappa shape index (κ2) is 6.25. The molecular weight excluding hydrogens is 346 g/mol. The monoisotopic (exact) mass is 359 g/mol. The number of carboxylic acids is 1. The van der Waals surface area contributed by atoms with E-state index in [1.165, 1.54) is 11.1 Å². The normalized spacial score (nSPS) is 18.5. The minimum atomic E-state index is -0.920. The van der Waals surface area contributed by atoms with Gasteiger partial charge < -0.3 is 10.0 Å². The molecule has 0 aliphatic carbocycles. The molecule has 1 aliphatic rings. The molecule has 1 unspecified atom stereocenters. The highest BCUT2D eigenvalue weighted by Crippen LogP contribution is 2.16. The molecule has 114 valence electrons. The van der Waals surface area contributed by atoms with E-state index in [0.29, 0.717) is 19.4 Å². The van der Waals surface area contributed by atoms with Crippen LogP contribution in [0.3, 0.4) is 0 Å². The van der Waals surface area contributed by atoms with Crippen molar-refractivity contribution in [1.29, 1.82) is 0 Å². The number of carboxylic acid groups (broad SMARTS) is 1. The van der Waals surface area contributed by atoms with Gasteiger partial charge in [0.05, 0.1) is 10.4 Å². The Morgan fingerprint density at radius 3 is 2.81 bits per heavy atom. The maximum atomic E-state index is 12.2. The van der Waals surface area contributed by atoms with Gasteiger partial charge in [-0.3, -0.25) is 23.9 Å². The zero-order valence-corrected chi connectivity index (χ0v) is 12.6. The number of halogens is 1. The summed E-state index contributed by atoms with van der Waals surface area (Å²) in [5, 5.41) is 9.00. The zero-order valence-electron chi connectivity index (χ0n) is 11.0. The molecule has 0 bridgehead atoms. The van der Waals surface area contributed by atoms with E-state index in [4.69, 9.17) is 5.11 Å². The van der Waals surface area contributed by atoms with Crippen molar-refractivity contribution >= 4 is 27.8 Å². The summed E-state index contributed by atoms with van der Waals surface area (Å²) >= 11 is 2.99. The number of likely N-dealkylation sites (tertiary alicyclic amines) is 1. The highest BCUT2D eigenvalue weighted by Gasteiger charge is 2.28. The standard InChI is InChI=1S/C12H14BrN3O5/c13-8-5-16(12(21)14-10(8)18)6-9(17)15-3-1-2-7(4-15)11(19)20/h5,7H,1-4,6H2,(H,19,20)(H,14,18,21). The van der Waals surface area contributed by atoms with E-state index in [9.17, 15) is 19.2 Å². The smallest absolute Gasteiger partial charge is 0.328 e. The number of carbonyl (C=O) groups excluding carboxylic acids is 1. The first-order valence-electron chi connectivity index (χ1n) is 6.38. The molecule has 0 saturated carbocycles. The Kier molecular flexibility index (Phi) is 4.61. The number of aromatic amines is 1. The molecule has 1 saturated heterocycles. The van der Waals surface area contributed by atoms with Crippen molar-refractivity contribution in [1.82, 2.24) is 14.5 Å². The number of amides is 1. The first kappa shape index (κ1) is 15.5. The Morgan fingerprint density at radius 1 is 1.43 bits per heavy atom. The van der Waals surface area contributed by atoms with Gasteiger partial charge in [0.1, 0.15) is 6.54 Å². The number of nitrogens with one attached hydrogen (secondary N) is 1. The molecule has 1 atom stereocenters. The summed E-state index contributed by atoms with van der Waals surface area (Å²) < 4.78 is 1.23. The van der Waals surface area contributed by atoms with Crippen LogP contribution >= 0.6 is 15.9 Å². The summed E-state index contributed by atoms with van der Waals surface area (Å²) in [5.41, 5.74) is -1.24. The van der Waals surface area contributed by atoms with Crippen molar-refractivity contribution in [2.24, 2.45) is 5.92 Å². The quantitative estimate of drug-likeness (QED) is 0.763. The van der Waals surface area contributed by atoms with E-state index in [-0.39, 0.29) is 23.5 Å². The first-order chi connectivity index (χ1) is 9.88. The molecule has 0 radical (unpaired) electrons. The van der Waals surface area contributed by atoms with E-state index in [1.54, 1.807) is 0 Å². The van der Waals surface area contributed by atoms with Crippen LogP contribution in [0, 0.1) is 5.92 Å². The lowest BCUT2D eigenvalue weighted by atomic mass is 9.98. The first-order valence-corrected chi connectivity index (χ1v) is 7.17. The van der Waals surface area contributed by atoms with Crippen molar-refractivity contribution in [3.8, 4) is 0 Å². The largest absolute Gasteiger partial charge is 0.481 e. The molecule has 0 spiro atoms. The highest BCUT2D eigenvalue weighted by molar-refractivity contribution is 9.10. The molecule has 0 aromatic carbocycles. The van der Waals surface area contributed by atoms with Crippen LogP contribution in [0.2, 0.25) is 0 Å². The Morgan fingerprint density at radius 2 is 2.14 bits per heavy atom. The predicted octanol–water partition coefficient (Wildman–Crippen LogP) is -0.378. The lowest BCUT2D eigenvalue weighted by molar-refractivity contribution is -0.145. The SMILES string of the molecule is O=C(O)C1CCCN(C(=O)Cn2cc(Br)c(=O)[nH]c2=O)C1. The summed E-state index contributed by atoms with van der Waals surface area (Å²) in [6.07, 6.45) is 2.41. The van der Waals surface area contributed by atoms with Crippen molar-refractivity contribution in [2.45, 2.75) is 19.4 Å². The van der Waals surface area contributed by atoms with E-state index in [2.05, 4.69) is 20.9 Å². The average Bonchev–Trinajstić information content (AvgIpc) is 2.44. The van der Waals surface area contributed by atoms with Gasteiger partial charge in [0.15, 0.2) is 0 Å². The summed E-state index contributed by atoms with van der Waals surface area (Å²) in [6, 6.07) is 0. The number of rotatable bonds is 3. The van der Waals surface area contributed by atoms with Crippen molar-refractivity contribution in [3.63, 3.8) is 0 Å². The van der Waals surface area contributed by atoms with Gasteiger partial charge in [0, 0.05) is 19.3 Å². The van der Waals surface area contributed by atoms with Crippen LogP contribution < -0.4 is 11.2 Å². The van der Waals surface area contributed by atoms with E-state index < -0.39 is 23.1 Å². The van der Waals surface area contributed by atoms with E-state index in [1.807, 2.05) is 0 Å². The van der Waals surface area contributed by atoms with Gasteiger partial charge in [-0.1, -0.05) is 0 Å². The number of H-pyrrole nitrogens is 1. The van der Waals surface area contributed by atoms with Crippen molar-refractivity contribution < 1.29 is 14.7 Å². The van der Waals surface area contributed by atoms with Crippen LogP contribution in [0.4, 0.5) is 0 Å². The molecule has 9 heteroatoms. The molecule has 1 aromatic rings. The fraction of sp³-hybridized carbons (Fsp3) is 0.500. The van der Waals surface area contributed by atoms with Crippen LogP contribution in [0.1, 0.15) is 12.8 Å². The average molecular weight is 360 g/mol. The minimum absolute atomic E-state index is 0.146. The third-order valence-corrected chi connectivity index (χ3v) is 3.96. The van der Waals surface area contributed by atoms with E-state index >= 15 is 0 Å². The molecule has 8 nitrogen and oxygen atoms in total. The molecule has 2 N–H and O–H groups in total. The van der Waals surface area contributed by atoms with Crippen LogP contribution in [-0.4, -0.2) is 44.5 Å². The summed E-state index contributed by atoms with van der Waals surface area (Å²) in [5.74, 6) is -1.83. The number of aromatic nitrogens is 2. The molecule has 2 heterocycles. The van der Waals surface area contributed by atoms with Gasteiger partial charge in [0.25, 0.3) is 5.56 Å². The summed E-state index contributed by atoms with van der Waals surface area (Å²) in [4.78, 5) is 49.5. The second-order valence-corrected chi connectivity index (χ2v) is 5.74. The lowest BCUT2D eigenvalue weighted by Gasteiger charge is -2.30. The number of hydrogen-bond donors (Lipinski definition) is 2. The molecule has 21 heavy (non-hydrogen) atoms. The van der Waals surface area contributed by atoms with Gasteiger partial charge >= 0.3 is 11.7 Å². The van der Waals surface area contributed by atoms with Crippen LogP contribution in [-0.2, 0) is 16.1 Å². The Hall–Kier alpha value is -1.90. The van der Waals surface area contributed by atoms with Crippen LogP contribution in [0.15, 0.2) is 20.3 Å². The topological polar surface area (TPSA) is 112 Å². The fourth-order valence-corrected chi connectivity index (χ4v) is 2.60. The summed E-state index contributed by atoms with van der Waals surface area (Å²) in [7, 11) is 0. The fourth-order valence-electron chi connectivity index (χ4n) is 2.25. The number of hydrogen-bond acceptors (Lipinski definition) is 4. The molecule has 1 aromatic heterocycles.